The first-order chi connectivity index (χ1) is 20.5. The molecular formula is C36H31N3O3. The Morgan fingerprint density at radius 3 is 2.33 bits per heavy atom. The van der Waals surface area contributed by atoms with Crippen molar-refractivity contribution >= 4 is 11.5 Å². The molecule has 42 heavy (non-hydrogen) atoms. The molecule has 1 aliphatic heterocycles. The van der Waals surface area contributed by atoms with Gasteiger partial charge >= 0.3 is 0 Å². The van der Waals surface area contributed by atoms with Gasteiger partial charge in [0.25, 0.3) is 0 Å². The van der Waals surface area contributed by atoms with E-state index < -0.39 is 0 Å². The summed E-state index contributed by atoms with van der Waals surface area (Å²) in [5.41, 5.74) is 14.4. The zero-order chi connectivity index (χ0) is 28.8. The van der Waals surface area contributed by atoms with Crippen LogP contribution in [0.4, 0.5) is 5.69 Å². The van der Waals surface area contributed by atoms with E-state index in [9.17, 15) is 5.11 Å². The predicted molar refractivity (Wildman–Crippen MR) is 166 cm³/mol. The number of hydrogen-bond donors (Lipinski definition) is 4. The maximum atomic E-state index is 10.9. The Bertz CT molecular complexity index is 1800. The van der Waals surface area contributed by atoms with Crippen molar-refractivity contribution in [3.05, 3.63) is 137 Å². The lowest BCUT2D eigenvalue weighted by Gasteiger charge is -2.39. The van der Waals surface area contributed by atoms with E-state index in [0.29, 0.717) is 5.75 Å². The Labute approximate surface area is 244 Å². The second kappa shape index (κ2) is 10.3. The number of rotatable bonds is 6. The van der Waals surface area contributed by atoms with Crippen LogP contribution in [0.3, 0.4) is 0 Å². The number of phenols is 1. The number of ether oxygens (including phenoxy) is 2. The standard InChI is InChI=1S/C36H31N3O3/c1-41-33-20-28(27(19-32(33)40)21-11-14-25(15-12-21)42-24-8-3-2-4-9-24)35-30-17-22-7-5-6-10-26(22)34(30)29-18-23(36(37)38)13-16-31(29)39-35/h2-16,18-20,30,34-35,39-40H,17H2,1H3,(H3,37,38). The number of para-hydroxylation sites is 1. The minimum atomic E-state index is -0.0668. The Balaban J connectivity index is 1.34. The highest BCUT2D eigenvalue weighted by molar-refractivity contribution is 5.96. The van der Waals surface area contributed by atoms with Crippen molar-refractivity contribution < 1.29 is 14.6 Å². The van der Waals surface area contributed by atoms with E-state index in [2.05, 4.69) is 35.6 Å². The number of fused-ring (bicyclic) bond motifs is 5. The van der Waals surface area contributed by atoms with Gasteiger partial charge in [-0.15, -0.1) is 0 Å². The topological polar surface area (TPSA) is 101 Å². The van der Waals surface area contributed by atoms with Gasteiger partial charge in [0.15, 0.2) is 11.5 Å². The number of methoxy groups -OCH3 is 1. The van der Waals surface area contributed by atoms with Crippen molar-refractivity contribution in [3.8, 4) is 34.1 Å². The van der Waals surface area contributed by atoms with Crippen molar-refractivity contribution in [2.75, 3.05) is 12.4 Å². The summed E-state index contributed by atoms with van der Waals surface area (Å²) < 4.78 is 11.6. The highest BCUT2D eigenvalue weighted by Crippen LogP contribution is 2.55. The van der Waals surface area contributed by atoms with Gasteiger partial charge in [0.1, 0.15) is 17.3 Å². The summed E-state index contributed by atoms with van der Waals surface area (Å²) in [5.74, 6) is 2.44. The van der Waals surface area contributed by atoms with Crippen molar-refractivity contribution in [1.29, 1.82) is 5.41 Å². The number of anilines is 1. The number of nitrogen functional groups attached to an aromatic ring is 1. The Morgan fingerprint density at radius 1 is 0.833 bits per heavy atom. The van der Waals surface area contributed by atoms with Crippen LogP contribution in [0.1, 0.15) is 39.8 Å². The molecule has 1 heterocycles. The van der Waals surface area contributed by atoms with Gasteiger partial charge in [-0.3, -0.25) is 5.41 Å². The van der Waals surface area contributed by atoms with Crippen LogP contribution in [-0.2, 0) is 6.42 Å². The third kappa shape index (κ3) is 4.41. The van der Waals surface area contributed by atoms with Crippen LogP contribution < -0.4 is 20.5 Å². The van der Waals surface area contributed by atoms with Crippen molar-refractivity contribution in [2.45, 2.75) is 18.4 Å². The number of benzene rings is 5. The molecule has 3 atom stereocenters. The molecule has 208 valence electrons. The summed E-state index contributed by atoms with van der Waals surface area (Å²) in [6.45, 7) is 0. The minimum absolute atomic E-state index is 0.0630. The molecule has 0 bridgehead atoms. The van der Waals surface area contributed by atoms with Crippen LogP contribution in [0.15, 0.2) is 109 Å². The number of aromatic hydroxyl groups is 1. The highest BCUT2D eigenvalue weighted by atomic mass is 16.5. The van der Waals surface area contributed by atoms with Gasteiger partial charge in [0.2, 0.25) is 0 Å². The maximum absolute atomic E-state index is 10.9. The minimum Gasteiger partial charge on any atom is -0.504 e. The quantitative estimate of drug-likeness (QED) is 0.128. The first kappa shape index (κ1) is 25.7. The Hall–Kier alpha value is -5.23. The molecule has 0 saturated carbocycles. The molecule has 0 fully saturated rings. The lowest BCUT2D eigenvalue weighted by Crippen LogP contribution is -2.31. The van der Waals surface area contributed by atoms with Crippen molar-refractivity contribution in [3.63, 3.8) is 0 Å². The summed E-state index contributed by atoms with van der Waals surface area (Å²) in [7, 11) is 1.58. The van der Waals surface area contributed by atoms with Gasteiger partial charge in [-0.25, -0.2) is 0 Å². The second-order valence-electron chi connectivity index (χ2n) is 10.9. The molecule has 5 aromatic carbocycles. The van der Waals surface area contributed by atoms with E-state index in [1.807, 2.05) is 72.8 Å². The van der Waals surface area contributed by atoms with Crippen LogP contribution in [0, 0.1) is 11.3 Å². The molecule has 0 saturated heterocycles. The molecule has 0 spiro atoms. The van der Waals surface area contributed by atoms with Crippen LogP contribution in [0.2, 0.25) is 0 Å². The molecule has 7 rings (SSSR count). The molecule has 5 N–H and O–H groups in total. The van der Waals surface area contributed by atoms with E-state index >= 15 is 0 Å². The summed E-state index contributed by atoms with van der Waals surface area (Å²) in [4.78, 5) is 0. The second-order valence-corrected chi connectivity index (χ2v) is 10.9. The molecule has 6 heteroatoms. The first-order valence-corrected chi connectivity index (χ1v) is 14.1. The zero-order valence-corrected chi connectivity index (χ0v) is 23.2. The first-order valence-electron chi connectivity index (χ1n) is 14.1. The van der Waals surface area contributed by atoms with Crippen LogP contribution >= 0.6 is 0 Å². The molecule has 0 amide bonds. The zero-order valence-electron chi connectivity index (χ0n) is 23.2. The largest absolute Gasteiger partial charge is 0.504 e. The molecule has 3 unspecified atom stereocenters. The third-order valence-corrected chi connectivity index (χ3v) is 8.54. The molecule has 5 aromatic rings. The molecule has 1 aliphatic carbocycles. The molecule has 2 aliphatic rings. The number of nitrogens with one attached hydrogen (secondary N) is 2. The summed E-state index contributed by atoms with van der Waals surface area (Å²) in [5, 5.41) is 22.8. The Morgan fingerprint density at radius 2 is 1.57 bits per heavy atom. The molecule has 0 radical (unpaired) electrons. The molecule has 0 aromatic heterocycles. The number of hydrogen-bond acceptors (Lipinski definition) is 5. The molecular weight excluding hydrogens is 522 g/mol. The van der Waals surface area contributed by atoms with Gasteiger partial charge in [-0.05, 0) is 100 Å². The van der Waals surface area contributed by atoms with Crippen LogP contribution in [-0.4, -0.2) is 18.1 Å². The van der Waals surface area contributed by atoms with Gasteiger partial charge in [0, 0.05) is 17.2 Å². The smallest absolute Gasteiger partial charge is 0.160 e. The van der Waals surface area contributed by atoms with Gasteiger partial charge in [-0.2, -0.15) is 0 Å². The number of phenolic OH excluding ortho intramolecular Hbond substituents is 1. The summed E-state index contributed by atoms with van der Waals surface area (Å²) in [6.07, 6.45) is 0.898. The lowest BCUT2D eigenvalue weighted by molar-refractivity contribution is 0.370. The van der Waals surface area contributed by atoms with Crippen molar-refractivity contribution in [1.82, 2.24) is 0 Å². The SMILES string of the molecule is COc1cc(C2Nc3ccc(C(=N)N)cc3C3c4ccccc4CC23)c(-c2ccc(Oc3ccccc3)cc2)cc1O. The van der Waals surface area contributed by atoms with Crippen LogP contribution in [0.5, 0.6) is 23.0 Å². The van der Waals surface area contributed by atoms with E-state index in [1.54, 1.807) is 13.2 Å². The monoisotopic (exact) mass is 553 g/mol. The van der Waals surface area contributed by atoms with Crippen molar-refractivity contribution in [2.24, 2.45) is 11.7 Å². The fraction of sp³-hybridized carbons (Fsp3) is 0.139. The summed E-state index contributed by atoms with van der Waals surface area (Å²) in [6, 6.07) is 36.0. The lowest BCUT2D eigenvalue weighted by atomic mass is 9.74. The van der Waals surface area contributed by atoms with Gasteiger partial charge < -0.3 is 25.6 Å². The number of nitrogens with two attached hydrogens (primary N) is 1. The van der Waals surface area contributed by atoms with Crippen LogP contribution in [0.25, 0.3) is 11.1 Å². The summed E-state index contributed by atoms with van der Waals surface area (Å²) >= 11 is 0. The highest BCUT2D eigenvalue weighted by Gasteiger charge is 2.44. The average molecular weight is 554 g/mol. The number of amidine groups is 1. The van der Waals surface area contributed by atoms with E-state index in [0.717, 1.165) is 51.4 Å². The molecule has 6 nitrogen and oxygen atoms in total. The Kier molecular flexibility index (Phi) is 6.31. The van der Waals surface area contributed by atoms with Gasteiger partial charge in [-0.1, -0.05) is 54.6 Å². The van der Waals surface area contributed by atoms with Gasteiger partial charge in [0.05, 0.1) is 13.2 Å². The third-order valence-electron chi connectivity index (χ3n) is 8.54. The fourth-order valence-corrected chi connectivity index (χ4v) is 6.62. The fourth-order valence-electron chi connectivity index (χ4n) is 6.62. The van der Waals surface area contributed by atoms with E-state index in [1.165, 1.54) is 11.1 Å². The predicted octanol–water partition coefficient (Wildman–Crippen LogP) is 7.62. The maximum Gasteiger partial charge on any atom is 0.160 e. The average Bonchev–Trinajstić information content (AvgIpc) is 3.41. The normalized spacial score (nSPS) is 18.3. The van der Waals surface area contributed by atoms with E-state index in [-0.39, 0.29) is 29.5 Å². The van der Waals surface area contributed by atoms with E-state index in [4.69, 9.17) is 20.6 Å².